The summed E-state index contributed by atoms with van der Waals surface area (Å²) in [5.41, 5.74) is 1.21. The number of halogens is 1. The van der Waals surface area contributed by atoms with Gasteiger partial charge < -0.3 is 9.67 Å². The fraction of sp³-hybridized carbons (Fsp3) is 0.333. The Morgan fingerprint density at radius 2 is 2.07 bits per heavy atom. The summed E-state index contributed by atoms with van der Waals surface area (Å²) in [7, 11) is 0. The van der Waals surface area contributed by atoms with Gasteiger partial charge in [0.2, 0.25) is 0 Å². The maximum Gasteiger partial charge on any atom is 0.0481 e. The zero-order valence-corrected chi connectivity index (χ0v) is 9.24. The summed E-state index contributed by atoms with van der Waals surface area (Å²) < 4.78 is 2.20. The number of unbranched alkanes of at least 4 members (excludes halogenated alkanes) is 1. The molecule has 15 heavy (non-hydrogen) atoms. The molecule has 0 bridgehead atoms. The van der Waals surface area contributed by atoms with E-state index >= 15 is 0 Å². The highest BCUT2D eigenvalue weighted by molar-refractivity contribution is 6.31. The molecule has 0 saturated carbocycles. The molecule has 80 valence electrons. The third-order valence-corrected chi connectivity index (χ3v) is 2.78. The van der Waals surface area contributed by atoms with Gasteiger partial charge in [0.05, 0.1) is 0 Å². The van der Waals surface area contributed by atoms with Crippen molar-refractivity contribution in [3.8, 4) is 0 Å². The Bertz CT molecular complexity index is 450. The maximum absolute atomic E-state index is 8.72. The first-order chi connectivity index (χ1) is 7.31. The van der Waals surface area contributed by atoms with Crippen LogP contribution in [0.2, 0.25) is 5.02 Å². The molecule has 3 heteroatoms. The van der Waals surface area contributed by atoms with Gasteiger partial charge in [-0.15, -0.1) is 0 Å². The number of rotatable bonds is 4. The second-order valence-electron chi connectivity index (χ2n) is 3.64. The van der Waals surface area contributed by atoms with Crippen LogP contribution in [-0.2, 0) is 6.54 Å². The monoisotopic (exact) mass is 223 g/mol. The quantitative estimate of drug-likeness (QED) is 0.792. The van der Waals surface area contributed by atoms with Crippen molar-refractivity contribution in [1.29, 1.82) is 0 Å². The van der Waals surface area contributed by atoms with Crippen molar-refractivity contribution >= 4 is 22.5 Å². The summed E-state index contributed by atoms with van der Waals surface area (Å²) in [6.45, 7) is 1.22. The molecule has 0 amide bonds. The van der Waals surface area contributed by atoms with E-state index in [9.17, 15) is 0 Å². The van der Waals surface area contributed by atoms with Gasteiger partial charge in [0.15, 0.2) is 0 Å². The first kappa shape index (κ1) is 10.5. The Morgan fingerprint density at radius 3 is 2.87 bits per heavy atom. The van der Waals surface area contributed by atoms with E-state index < -0.39 is 0 Å². The molecule has 0 unspecified atom stereocenters. The van der Waals surface area contributed by atoms with Gasteiger partial charge in [0, 0.05) is 35.3 Å². The fourth-order valence-corrected chi connectivity index (χ4v) is 1.94. The number of aryl methyl sites for hydroxylation is 1. The molecule has 2 rings (SSSR count). The highest BCUT2D eigenvalue weighted by atomic mass is 35.5. The van der Waals surface area contributed by atoms with Crippen LogP contribution in [0.3, 0.4) is 0 Å². The van der Waals surface area contributed by atoms with Crippen LogP contribution < -0.4 is 0 Å². The average molecular weight is 224 g/mol. The van der Waals surface area contributed by atoms with E-state index in [1.165, 1.54) is 10.9 Å². The van der Waals surface area contributed by atoms with Gasteiger partial charge in [-0.1, -0.05) is 11.6 Å². The van der Waals surface area contributed by atoms with Gasteiger partial charge in [-0.25, -0.2) is 0 Å². The molecule has 0 aliphatic carbocycles. The zero-order valence-electron chi connectivity index (χ0n) is 8.49. The second kappa shape index (κ2) is 4.69. The van der Waals surface area contributed by atoms with Crippen molar-refractivity contribution in [1.82, 2.24) is 4.57 Å². The van der Waals surface area contributed by atoms with Gasteiger partial charge in [-0.3, -0.25) is 0 Å². The lowest BCUT2D eigenvalue weighted by Crippen LogP contribution is -1.96. The van der Waals surface area contributed by atoms with Crippen LogP contribution >= 0.6 is 11.6 Å². The lowest BCUT2D eigenvalue weighted by Gasteiger charge is -2.04. The molecule has 0 aliphatic heterocycles. The van der Waals surface area contributed by atoms with E-state index in [0.717, 1.165) is 24.4 Å². The number of nitrogens with zero attached hydrogens (tertiary/aromatic N) is 1. The van der Waals surface area contributed by atoms with Gasteiger partial charge in [-0.05, 0) is 37.1 Å². The highest BCUT2D eigenvalue weighted by Gasteiger charge is 2.00. The Kier molecular flexibility index (Phi) is 3.29. The van der Waals surface area contributed by atoms with Crippen LogP contribution in [0.25, 0.3) is 10.9 Å². The molecule has 0 aliphatic rings. The number of hydrogen-bond acceptors (Lipinski definition) is 1. The normalized spacial score (nSPS) is 11.1. The second-order valence-corrected chi connectivity index (χ2v) is 4.08. The summed E-state index contributed by atoms with van der Waals surface area (Å²) in [4.78, 5) is 0. The molecule has 0 fully saturated rings. The van der Waals surface area contributed by atoms with Gasteiger partial charge in [0.1, 0.15) is 0 Å². The molecule has 1 aromatic heterocycles. The lowest BCUT2D eigenvalue weighted by atomic mass is 10.2. The number of aliphatic hydroxyl groups is 1. The molecule has 2 aromatic rings. The fourth-order valence-electron chi connectivity index (χ4n) is 1.76. The first-order valence-corrected chi connectivity index (χ1v) is 5.54. The predicted octanol–water partition coefficient (Wildman–Crippen LogP) is 3.07. The van der Waals surface area contributed by atoms with Crippen LogP contribution in [0.4, 0.5) is 0 Å². The summed E-state index contributed by atoms with van der Waals surface area (Å²) in [5.74, 6) is 0. The third-order valence-electron chi connectivity index (χ3n) is 2.54. The van der Waals surface area contributed by atoms with E-state index in [2.05, 4.69) is 16.8 Å². The van der Waals surface area contributed by atoms with Crippen LogP contribution in [0.1, 0.15) is 12.8 Å². The van der Waals surface area contributed by atoms with Gasteiger partial charge in [0.25, 0.3) is 0 Å². The van der Waals surface area contributed by atoms with Gasteiger partial charge >= 0.3 is 0 Å². The lowest BCUT2D eigenvalue weighted by molar-refractivity contribution is 0.281. The van der Waals surface area contributed by atoms with E-state index in [-0.39, 0.29) is 6.61 Å². The first-order valence-electron chi connectivity index (χ1n) is 5.16. The highest BCUT2D eigenvalue weighted by Crippen LogP contribution is 2.20. The molecule has 1 aromatic carbocycles. The molecule has 2 nitrogen and oxygen atoms in total. The predicted molar refractivity (Wildman–Crippen MR) is 63.3 cm³/mol. The number of benzene rings is 1. The standard InChI is InChI=1S/C12H14ClNO/c13-11-3-4-12-10(9-11)5-7-14(12)6-1-2-8-15/h3-5,7,9,15H,1-2,6,8H2. The van der Waals surface area contributed by atoms with E-state index in [4.69, 9.17) is 16.7 Å². The number of fused-ring (bicyclic) bond motifs is 1. The molecule has 0 spiro atoms. The van der Waals surface area contributed by atoms with Crippen LogP contribution in [-0.4, -0.2) is 16.3 Å². The maximum atomic E-state index is 8.72. The average Bonchev–Trinajstić information content (AvgIpc) is 2.61. The molecule has 0 radical (unpaired) electrons. The minimum absolute atomic E-state index is 0.269. The molecule has 0 saturated heterocycles. The summed E-state index contributed by atoms with van der Waals surface area (Å²) >= 11 is 5.91. The van der Waals surface area contributed by atoms with E-state index in [1.54, 1.807) is 0 Å². The Hall–Kier alpha value is -0.990. The van der Waals surface area contributed by atoms with E-state index in [1.807, 2.05) is 18.2 Å². The van der Waals surface area contributed by atoms with Crippen LogP contribution in [0.15, 0.2) is 30.5 Å². The van der Waals surface area contributed by atoms with Crippen LogP contribution in [0.5, 0.6) is 0 Å². The van der Waals surface area contributed by atoms with Crippen molar-refractivity contribution in [2.24, 2.45) is 0 Å². The summed E-state index contributed by atoms with van der Waals surface area (Å²) in [6.07, 6.45) is 3.93. The summed E-state index contributed by atoms with van der Waals surface area (Å²) in [5, 5.41) is 10.7. The SMILES string of the molecule is OCCCCn1ccc2cc(Cl)ccc21. The Labute approximate surface area is 94.1 Å². The molecular weight excluding hydrogens is 210 g/mol. The molecule has 0 atom stereocenters. The minimum atomic E-state index is 0.269. The number of aliphatic hydroxyl groups excluding tert-OH is 1. The number of hydrogen-bond donors (Lipinski definition) is 1. The minimum Gasteiger partial charge on any atom is -0.396 e. The van der Waals surface area contributed by atoms with Gasteiger partial charge in [-0.2, -0.15) is 0 Å². The van der Waals surface area contributed by atoms with Crippen molar-refractivity contribution in [2.45, 2.75) is 19.4 Å². The third kappa shape index (κ3) is 2.33. The largest absolute Gasteiger partial charge is 0.396 e. The van der Waals surface area contributed by atoms with Crippen molar-refractivity contribution in [2.75, 3.05) is 6.61 Å². The molecule has 1 N–H and O–H groups in total. The topological polar surface area (TPSA) is 25.2 Å². The summed E-state index contributed by atoms with van der Waals surface area (Å²) in [6, 6.07) is 7.99. The zero-order chi connectivity index (χ0) is 10.7. The van der Waals surface area contributed by atoms with E-state index in [0.29, 0.717) is 0 Å². The number of aromatic nitrogens is 1. The smallest absolute Gasteiger partial charge is 0.0481 e. The molecule has 1 heterocycles. The Morgan fingerprint density at radius 1 is 1.20 bits per heavy atom. The van der Waals surface area contributed by atoms with Crippen molar-refractivity contribution in [3.63, 3.8) is 0 Å². The van der Waals surface area contributed by atoms with Crippen molar-refractivity contribution in [3.05, 3.63) is 35.5 Å². The molecular formula is C12H14ClNO. The van der Waals surface area contributed by atoms with Crippen molar-refractivity contribution < 1.29 is 5.11 Å². The Balaban J connectivity index is 2.21. The van der Waals surface area contributed by atoms with Crippen LogP contribution in [0, 0.1) is 0 Å².